The van der Waals surface area contributed by atoms with Crippen LogP contribution in [0.2, 0.25) is 5.15 Å². The Bertz CT molecular complexity index is 1120. The number of nitrogens with zero attached hydrogens (tertiary/aromatic N) is 3. The van der Waals surface area contributed by atoms with Gasteiger partial charge in [0.25, 0.3) is 0 Å². The molecule has 1 aliphatic heterocycles. The zero-order valence-electron chi connectivity index (χ0n) is 15.9. The van der Waals surface area contributed by atoms with Crippen molar-refractivity contribution < 1.29 is 14.3 Å². The van der Waals surface area contributed by atoms with Crippen molar-refractivity contribution in [2.24, 2.45) is 4.99 Å². The minimum atomic E-state index is -0.526. The van der Waals surface area contributed by atoms with E-state index in [-0.39, 0.29) is 11.6 Å². The summed E-state index contributed by atoms with van der Waals surface area (Å²) in [5, 5.41) is 4.94. The van der Waals surface area contributed by atoms with Crippen LogP contribution in [0.15, 0.2) is 65.3 Å². The number of carbonyl (C=O) groups is 1. The molecule has 29 heavy (non-hydrogen) atoms. The van der Waals surface area contributed by atoms with E-state index in [9.17, 15) is 4.79 Å². The highest BCUT2D eigenvalue weighted by atomic mass is 35.5. The lowest BCUT2D eigenvalue weighted by molar-refractivity contribution is -0.129. The van der Waals surface area contributed by atoms with Gasteiger partial charge in [0.2, 0.25) is 5.90 Å². The molecule has 0 N–H and O–H groups in total. The normalized spacial score (nSPS) is 14.8. The first-order chi connectivity index (χ1) is 14.0. The molecule has 1 aromatic heterocycles. The molecule has 7 heteroatoms. The van der Waals surface area contributed by atoms with Crippen molar-refractivity contribution in [2.75, 3.05) is 7.11 Å². The molecule has 0 amide bonds. The van der Waals surface area contributed by atoms with Gasteiger partial charge in [-0.2, -0.15) is 5.10 Å². The van der Waals surface area contributed by atoms with Crippen LogP contribution in [0.4, 0.5) is 0 Å². The van der Waals surface area contributed by atoms with Gasteiger partial charge >= 0.3 is 5.97 Å². The highest BCUT2D eigenvalue weighted by molar-refractivity contribution is 6.31. The number of ether oxygens (including phenoxy) is 2. The molecule has 0 saturated carbocycles. The number of halogens is 1. The van der Waals surface area contributed by atoms with Gasteiger partial charge in [-0.1, -0.05) is 41.9 Å². The predicted octanol–water partition coefficient (Wildman–Crippen LogP) is 4.25. The molecule has 0 atom stereocenters. The van der Waals surface area contributed by atoms with Crippen LogP contribution < -0.4 is 4.74 Å². The number of aromatic nitrogens is 2. The Morgan fingerprint density at radius 3 is 2.55 bits per heavy atom. The van der Waals surface area contributed by atoms with E-state index in [0.29, 0.717) is 34.3 Å². The fraction of sp³-hybridized carbons (Fsp3) is 0.136. The Labute approximate surface area is 173 Å². The van der Waals surface area contributed by atoms with Crippen molar-refractivity contribution in [3.63, 3.8) is 0 Å². The first-order valence-corrected chi connectivity index (χ1v) is 9.37. The molecule has 0 aliphatic carbocycles. The molecule has 4 rings (SSSR count). The summed E-state index contributed by atoms with van der Waals surface area (Å²) in [6, 6.07) is 17.0. The molecule has 0 radical (unpaired) electrons. The number of aliphatic imine (C=N–C) groups is 1. The second-order valence-corrected chi connectivity index (χ2v) is 6.86. The summed E-state index contributed by atoms with van der Waals surface area (Å²) in [5.74, 6) is 0.430. The standard InChI is InChI=1S/C22H18ClN3O3/c1-14-18(20(23)26(25-14)13-15-6-4-3-5-7-15)12-19-22(27)29-21(24-19)16-8-10-17(28-2)11-9-16/h3-12H,13H2,1-2H3/b19-12-. The van der Waals surface area contributed by atoms with E-state index in [2.05, 4.69) is 10.1 Å². The molecule has 2 heterocycles. The Morgan fingerprint density at radius 1 is 1.14 bits per heavy atom. The van der Waals surface area contributed by atoms with Crippen molar-refractivity contribution in [1.82, 2.24) is 9.78 Å². The molecule has 146 valence electrons. The van der Waals surface area contributed by atoms with Gasteiger partial charge in [-0.3, -0.25) is 0 Å². The Hall–Kier alpha value is -3.38. The lowest BCUT2D eigenvalue weighted by atomic mass is 10.2. The topological polar surface area (TPSA) is 65.7 Å². The maximum atomic E-state index is 12.3. The van der Waals surface area contributed by atoms with E-state index in [1.807, 2.05) is 37.3 Å². The molecule has 2 aromatic carbocycles. The van der Waals surface area contributed by atoms with Crippen molar-refractivity contribution in [2.45, 2.75) is 13.5 Å². The van der Waals surface area contributed by atoms with E-state index in [0.717, 1.165) is 5.56 Å². The van der Waals surface area contributed by atoms with E-state index in [1.54, 1.807) is 42.1 Å². The molecule has 0 bridgehead atoms. The Morgan fingerprint density at radius 2 is 1.86 bits per heavy atom. The van der Waals surface area contributed by atoms with Crippen LogP contribution in [0.3, 0.4) is 0 Å². The van der Waals surface area contributed by atoms with Crippen LogP contribution in [0.25, 0.3) is 6.08 Å². The average molecular weight is 408 g/mol. The number of methoxy groups -OCH3 is 1. The highest BCUT2D eigenvalue weighted by Crippen LogP contribution is 2.26. The van der Waals surface area contributed by atoms with E-state index < -0.39 is 5.97 Å². The zero-order valence-corrected chi connectivity index (χ0v) is 16.7. The van der Waals surface area contributed by atoms with E-state index in [1.165, 1.54) is 0 Å². The molecule has 6 nitrogen and oxygen atoms in total. The van der Waals surface area contributed by atoms with Crippen LogP contribution in [0.1, 0.15) is 22.4 Å². The molecular weight excluding hydrogens is 390 g/mol. The maximum Gasteiger partial charge on any atom is 0.363 e. The SMILES string of the molecule is COc1ccc(C2=N/C(=C\c3c(C)nn(Cc4ccccc4)c3Cl)C(=O)O2)cc1. The molecule has 0 unspecified atom stereocenters. The maximum absolute atomic E-state index is 12.3. The number of benzene rings is 2. The van der Waals surface area contributed by atoms with Crippen molar-refractivity contribution in [1.29, 1.82) is 0 Å². The summed E-state index contributed by atoms with van der Waals surface area (Å²) in [7, 11) is 1.59. The fourth-order valence-corrected chi connectivity index (χ4v) is 3.28. The summed E-state index contributed by atoms with van der Waals surface area (Å²) < 4.78 is 12.2. The number of cyclic esters (lactones) is 1. The monoisotopic (exact) mass is 407 g/mol. The number of hydrogen-bond donors (Lipinski definition) is 0. The van der Waals surface area contributed by atoms with Crippen LogP contribution in [-0.2, 0) is 16.1 Å². The number of esters is 1. The van der Waals surface area contributed by atoms with E-state index in [4.69, 9.17) is 21.1 Å². The summed E-state index contributed by atoms with van der Waals surface area (Å²) >= 11 is 6.53. The smallest absolute Gasteiger partial charge is 0.363 e. The van der Waals surface area contributed by atoms with Crippen LogP contribution in [-0.4, -0.2) is 28.8 Å². The number of rotatable bonds is 5. The van der Waals surface area contributed by atoms with Crippen molar-refractivity contribution in [3.8, 4) is 5.75 Å². The third kappa shape index (κ3) is 3.93. The second kappa shape index (κ2) is 7.93. The first-order valence-electron chi connectivity index (χ1n) is 8.99. The van der Waals surface area contributed by atoms with Gasteiger partial charge in [0.05, 0.1) is 19.3 Å². The quantitative estimate of drug-likeness (QED) is 0.468. The van der Waals surface area contributed by atoms with Gasteiger partial charge in [-0.15, -0.1) is 0 Å². The van der Waals surface area contributed by atoms with Crippen molar-refractivity contribution >= 4 is 29.5 Å². The van der Waals surface area contributed by atoms with Crippen molar-refractivity contribution in [3.05, 3.63) is 87.8 Å². The lowest BCUT2D eigenvalue weighted by Gasteiger charge is -2.03. The third-order valence-corrected chi connectivity index (χ3v) is 4.92. The molecule has 1 aliphatic rings. The first kappa shape index (κ1) is 19.0. The third-order valence-electron chi connectivity index (χ3n) is 4.52. The summed E-state index contributed by atoms with van der Waals surface area (Å²) in [4.78, 5) is 16.6. The minimum Gasteiger partial charge on any atom is -0.497 e. The zero-order chi connectivity index (χ0) is 20.4. The second-order valence-electron chi connectivity index (χ2n) is 6.50. The average Bonchev–Trinajstić information content (AvgIpc) is 3.23. The van der Waals surface area contributed by atoms with Crippen LogP contribution in [0.5, 0.6) is 5.75 Å². The number of hydrogen-bond acceptors (Lipinski definition) is 5. The molecular formula is C22H18ClN3O3. The number of aryl methyl sites for hydroxylation is 1. The molecule has 0 fully saturated rings. The molecule has 3 aromatic rings. The highest BCUT2D eigenvalue weighted by Gasteiger charge is 2.25. The van der Waals surface area contributed by atoms with Gasteiger partial charge in [0.15, 0.2) is 5.70 Å². The summed E-state index contributed by atoms with van der Waals surface area (Å²) in [5.41, 5.74) is 3.30. The fourth-order valence-electron chi connectivity index (χ4n) is 3.00. The van der Waals surface area contributed by atoms with Gasteiger partial charge in [-0.25, -0.2) is 14.5 Å². The molecule has 0 saturated heterocycles. The van der Waals surface area contributed by atoms with Crippen LogP contribution >= 0.6 is 11.6 Å². The van der Waals surface area contributed by atoms with Gasteiger partial charge in [0.1, 0.15) is 10.9 Å². The predicted molar refractivity (Wildman–Crippen MR) is 111 cm³/mol. The molecule has 0 spiro atoms. The summed E-state index contributed by atoms with van der Waals surface area (Å²) in [6.45, 7) is 2.38. The summed E-state index contributed by atoms with van der Waals surface area (Å²) in [6.07, 6.45) is 1.62. The minimum absolute atomic E-state index is 0.181. The van der Waals surface area contributed by atoms with Crippen LogP contribution in [0, 0.1) is 6.92 Å². The number of carbonyl (C=O) groups excluding carboxylic acids is 1. The Kier molecular flexibility index (Phi) is 5.18. The van der Waals surface area contributed by atoms with Gasteiger partial charge in [-0.05, 0) is 42.8 Å². The van der Waals surface area contributed by atoms with Gasteiger partial charge < -0.3 is 9.47 Å². The van der Waals surface area contributed by atoms with E-state index >= 15 is 0 Å². The Balaban J connectivity index is 1.63. The lowest BCUT2D eigenvalue weighted by Crippen LogP contribution is -2.05. The van der Waals surface area contributed by atoms with Gasteiger partial charge in [0, 0.05) is 11.1 Å². The largest absolute Gasteiger partial charge is 0.497 e.